The highest BCUT2D eigenvalue weighted by Gasteiger charge is 2.18. The van der Waals surface area contributed by atoms with Gasteiger partial charge in [-0.1, -0.05) is 13.0 Å². The average molecular weight is 460 g/mol. The Labute approximate surface area is 197 Å². The van der Waals surface area contributed by atoms with Crippen LogP contribution < -0.4 is 16.0 Å². The van der Waals surface area contributed by atoms with Crippen LogP contribution in [0.15, 0.2) is 55.1 Å². The number of rotatable bonds is 8. The number of fused-ring (bicyclic) bond motifs is 1. The van der Waals surface area contributed by atoms with Gasteiger partial charge in [0.05, 0.1) is 16.8 Å². The molecule has 0 fully saturated rings. The lowest BCUT2D eigenvalue weighted by Gasteiger charge is -2.17. The predicted molar refractivity (Wildman–Crippen MR) is 131 cm³/mol. The summed E-state index contributed by atoms with van der Waals surface area (Å²) in [6.45, 7) is 5.36. The zero-order valence-electron chi connectivity index (χ0n) is 19.3. The fraction of sp³-hybridized carbons (Fsp3) is 0.240. The van der Waals surface area contributed by atoms with Crippen LogP contribution in [0, 0.1) is 5.82 Å². The lowest BCUT2D eigenvalue weighted by molar-refractivity contribution is 0.0964. The van der Waals surface area contributed by atoms with Crippen LogP contribution >= 0.6 is 0 Å². The van der Waals surface area contributed by atoms with Crippen molar-refractivity contribution in [1.29, 1.82) is 0 Å². The third-order valence-corrected chi connectivity index (χ3v) is 5.55. The zero-order valence-corrected chi connectivity index (χ0v) is 19.3. The van der Waals surface area contributed by atoms with Crippen molar-refractivity contribution in [2.75, 3.05) is 30.8 Å². The van der Waals surface area contributed by atoms with E-state index in [0.717, 1.165) is 29.2 Å². The first-order valence-electron chi connectivity index (χ1n) is 11.1. The van der Waals surface area contributed by atoms with Gasteiger partial charge in [-0.2, -0.15) is 0 Å². The Morgan fingerprint density at radius 3 is 2.62 bits per heavy atom. The van der Waals surface area contributed by atoms with E-state index in [1.54, 1.807) is 12.3 Å². The van der Waals surface area contributed by atoms with E-state index in [0.29, 0.717) is 17.9 Å². The first kappa shape index (κ1) is 23.0. The number of carbonyl (C=O) groups is 1. The van der Waals surface area contributed by atoms with Gasteiger partial charge in [0.2, 0.25) is 0 Å². The van der Waals surface area contributed by atoms with E-state index in [2.05, 4.69) is 35.9 Å². The largest absolute Gasteiger partial charge is 0.370 e. The van der Waals surface area contributed by atoms with Gasteiger partial charge in [0.1, 0.15) is 23.8 Å². The summed E-state index contributed by atoms with van der Waals surface area (Å²) < 4.78 is 14.6. The molecule has 0 aliphatic carbocycles. The summed E-state index contributed by atoms with van der Waals surface area (Å²) in [4.78, 5) is 29.7. The molecule has 0 aliphatic heterocycles. The molecule has 3 aromatic heterocycles. The van der Waals surface area contributed by atoms with E-state index in [4.69, 9.17) is 0 Å². The standard InChI is InChI=1S/C25H26FN7O/c1-4-28-21-8-5-16(13-31-21)20-11-22(33-14-32-20)30-12-15(2)17-6-7-19(26)23-18(25(34)27-3)9-10-29-24(17)23/h5-11,13-15H,4,12H2,1-3H3,(H,27,34)(H,28,31)(H,30,32,33)/t15-/m1/s1. The molecule has 9 heteroatoms. The van der Waals surface area contributed by atoms with E-state index < -0.39 is 5.82 Å². The van der Waals surface area contributed by atoms with Gasteiger partial charge < -0.3 is 16.0 Å². The number of anilines is 2. The van der Waals surface area contributed by atoms with Crippen LogP contribution in [-0.2, 0) is 0 Å². The quantitative estimate of drug-likeness (QED) is 0.362. The highest BCUT2D eigenvalue weighted by Crippen LogP contribution is 2.29. The molecule has 3 N–H and O–H groups in total. The summed E-state index contributed by atoms with van der Waals surface area (Å²) in [5, 5.41) is 9.28. The summed E-state index contributed by atoms with van der Waals surface area (Å²) in [7, 11) is 1.52. The number of benzene rings is 1. The first-order valence-corrected chi connectivity index (χ1v) is 11.1. The first-order chi connectivity index (χ1) is 16.5. The van der Waals surface area contributed by atoms with Crippen LogP contribution in [-0.4, -0.2) is 46.0 Å². The van der Waals surface area contributed by atoms with E-state index in [1.165, 1.54) is 31.7 Å². The number of halogens is 1. The van der Waals surface area contributed by atoms with Crippen molar-refractivity contribution >= 4 is 28.4 Å². The molecule has 34 heavy (non-hydrogen) atoms. The number of carbonyl (C=O) groups excluding carboxylic acids is 1. The van der Waals surface area contributed by atoms with Gasteiger partial charge in [0.25, 0.3) is 5.91 Å². The predicted octanol–water partition coefficient (Wildman–Crippen LogP) is 4.23. The normalized spacial score (nSPS) is 11.8. The maximum atomic E-state index is 14.6. The Kier molecular flexibility index (Phi) is 6.91. The Morgan fingerprint density at radius 2 is 1.88 bits per heavy atom. The van der Waals surface area contributed by atoms with Crippen molar-refractivity contribution in [3.8, 4) is 11.3 Å². The van der Waals surface area contributed by atoms with Gasteiger partial charge in [-0.25, -0.2) is 19.3 Å². The summed E-state index contributed by atoms with van der Waals surface area (Å²) in [5.74, 6) is 0.621. The molecule has 0 aliphatic rings. The van der Waals surface area contributed by atoms with E-state index in [9.17, 15) is 9.18 Å². The van der Waals surface area contributed by atoms with Gasteiger partial charge in [0, 0.05) is 55.5 Å². The van der Waals surface area contributed by atoms with Gasteiger partial charge in [0.15, 0.2) is 0 Å². The minimum Gasteiger partial charge on any atom is -0.370 e. The van der Waals surface area contributed by atoms with Gasteiger partial charge in [-0.05, 0) is 36.8 Å². The third kappa shape index (κ3) is 4.78. The maximum Gasteiger partial charge on any atom is 0.251 e. The molecule has 0 spiro atoms. The molecule has 0 saturated heterocycles. The molecular weight excluding hydrogens is 433 g/mol. The number of aromatic nitrogens is 4. The number of pyridine rings is 2. The van der Waals surface area contributed by atoms with Gasteiger partial charge in [-0.15, -0.1) is 0 Å². The fourth-order valence-electron chi connectivity index (χ4n) is 3.78. The Hall–Kier alpha value is -4.14. The van der Waals surface area contributed by atoms with Crippen LogP contribution in [0.5, 0.6) is 0 Å². The molecule has 4 rings (SSSR count). The molecule has 0 saturated carbocycles. The molecule has 0 unspecified atom stereocenters. The minimum absolute atomic E-state index is 0.0324. The molecule has 4 aromatic rings. The van der Waals surface area contributed by atoms with Crippen molar-refractivity contribution in [2.45, 2.75) is 19.8 Å². The molecule has 0 bridgehead atoms. The molecule has 0 radical (unpaired) electrons. The summed E-state index contributed by atoms with van der Waals surface area (Å²) in [6.07, 6.45) is 4.81. The molecule has 1 amide bonds. The Balaban J connectivity index is 1.54. The Bertz CT molecular complexity index is 1310. The fourth-order valence-corrected chi connectivity index (χ4v) is 3.78. The SMILES string of the molecule is CCNc1ccc(-c2cc(NC[C@@H](C)c3ccc(F)c4c(C(=O)NC)ccnc34)ncn2)cn1. The van der Waals surface area contributed by atoms with Crippen molar-refractivity contribution in [2.24, 2.45) is 0 Å². The smallest absolute Gasteiger partial charge is 0.251 e. The van der Waals surface area contributed by atoms with Crippen molar-refractivity contribution < 1.29 is 9.18 Å². The topological polar surface area (TPSA) is 105 Å². The second-order valence-corrected chi connectivity index (χ2v) is 7.83. The summed E-state index contributed by atoms with van der Waals surface area (Å²) >= 11 is 0. The van der Waals surface area contributed by atoms with E-state index >= 15 is 0 Å². The van der Waals surface area contributed by atoms with E-state index in [-0.39, 0.29) is 22.8 Å². The third-order valence-electron chi connectivity index (χ3n) is 5.55. The molecular formula is C25H26FN7O. The summed E-state index contributed by atoms with van der Waals surface area (Å²) in [5.41, 5.74) is 3.22. The van der Waals surface area contributed by atoms with Crippen molar-refractivity contribution in [3.05, 3.63) is 72.1 Å². The van der Waals surface area contributed by atoms with E-state index in [1.807, 2.05) is 32.0 Å². The second-order valence-electron chi connectivity index (χ2n) is 7.83. The van der Waals surface area contributed by atoms with Crippen molar-refractivity contribution in [1.82, 2.24) is 25.3 Å². The van der Waals surface area contributed by atoms with Crippen LogP contribution in [0.4, 0.5) is 16.0 Å². The number of amides is 1. The number of hydrogen-bond acceptors (Lipinski definition) is 7. The highest BCUT2D eigenvalue weighted by molar-refractivity contribution is 6.06. The number of hydrogen-bond donors (Lipinski definition) is 3. The molecule has 8 nitrogen and oxygen atoms in total. The minimum atomic E-state index is -0.472. The molecule has 3 heterocycles. The molecule has 1 atom stereocenters. The highest BCUT2D eigenvalue weighted by atomic mass is 19.1. The van der Waals surface area contributed by atoms with Crippen LogP contribution in [0.1, 0.15) is 35.7 Å². The number of nitrogens with zero attached hydrogens (tertiary/aromatic N) is 4. The van der Waals surface area contributed by atoms with Gasteiger partial charge in [-0.3, -0.25) is 9.78 Å². The molecule has 1 aromatic carbocycles. The second kappa shape index (κ2) is 10.2. The number of nitrogens with one attached hydrogen (secondary N) is 3. The van der Waals surface area contributed by atoms with Crippen LogP contribution in [0.2, 0.25) is 0 Å². The molecule has 174 valence electrons. The van der Waals surface area contributed by atoms with Crippen LogP contribution in [0.3, 0.4) is 0 Å². The average Bonchev–Trinajstić information content (AvgIpc) is 2.87. The zero-order chi connectivity index (χ0) is 24.1. The van der Waals surface area contributed by atoms with Gasteiger partial charge >= 0.3 is 0 Å². The lowest BCUT2D eigenvalue weighted by atomic mass is 9.95. The monoisotopic (exact) mass is 459 g/mol. The Morgan fingerprint density at radius 1 is 1.03 bits per heavy atom. The lowest BCUT2D eigenvalue weighted by Crippen LogP contribution is -2.19. The summed E-state index contributed by atoms with van der Waals surface area (Å²) in [6, 6.07) is 10.4. The van der Waals surface area contributed by atoms with Crippen LogP contribution in [0.25, 0.3) is 22.2 Å². The maximum absolute atomic E-state index is 14.6. The van der Waals surface area contributed by atoms with Crippen molar-refractivity contribution in [3.63, 3.8) is 0 Å².